The fourth-order valence-corrected chi connectivity index (χ4v) is 3.81. The van der Waals surface area contributed by atoms with Crippen molar-refractivity contribution in [3.8, 4) is 0 Å². The Morgan fingerprint density at radius 1 is 1.14 bits per heavy atom. The molecule has 0 aliphatic heterocycles. The van der Waals surface area contributed by atoms with E-state index in [1.165, 1.54) is 62.5 Å². The molecule has 0 amide bonds. The van der Waals surface area contributed by atoms with Crippen LogP contribution in [0.15, 0.2) is 24.4 Å². The summed E-state index contributed by atoms with van der Waals surface area (Å²) in [6, 6.07) is 7.58. The molecule has 1 aromatic carbocycles. The van der Waals surface area contributed by atoms with Gasteiger partial charge in [-0.25, -0.2) is 0 Å². The summed E-state index contributed by atoms with van der Waals surface area (Å²) in [7, 11) is 0. The number of nitrogens with one attached hydrogen (secondary N) is 1. The number of H-pyrrole nitrogens is 1. The lowest BCUT2D eigenvalue weighted by Gasteiger charge is -2.35. The highest BCUT2D eigenvalue weighted by molar-refractivity contribution is 5.84. The smallest absolute Gasteiger partial charge is 0.0456 e. The molecular weight excluding hydrogens is 256 g/mol. The van der Waals surface area contributed by atoms with Gasteiger partial charge in [-0.2, -0.15) is 0 Å². The molecule has 0 fully saturated rings. The van der Waals surface area contributed by atoms with E-state index in [2.05, 4.69) is 48.1 Å². The van der Waals surface area contributed by atoms with E-state index in [1.807, 2.05) is 0 Å². The SMILES string of the molecule is CCCCN(CCC)[C@H]1CCc2ccc3[nH]ccc3c2C1. The lowest BCUT2D eigenvalue weighted by Crippen LogP contribution is -2.40. The van der Waals surface area contributed by atoms with E-state index in [-0.39, 0.29) is 0 Å². The monoisotopic (exact) mass is 284 g/mol. The maximum Gasteiger partial charge on any atom is 0.0456 e. The third-order valence-electron chi connectivity index (χ3n) is 4.96. The van der Waals surface area contributed by atoms with Crippen LogP contribution in [0.25, 0.3) is 10.9 Å². The highest BCUT2D eigenvalue weighted by atomic mass is 15.1. The number of aromatic amines is 1. The first-order valence-corrected chi connectivity index (χ1v) is 8.65. The molecule has 1 aliphatic rings. The molecule has 0 radical (unpaired) electrons. The fourth-order valence-electron chi connectivity index (χ4n) is 3.81. The molecular formula is C19H28N2. The summed E-state index contributed by atoms with van der Waals surface area (Å²) in [6.07, 6.45) is 9.77. The van der Waals surface area contributed by atoms with Crippen LogP contribution in [0.4, 0.5) is 0 Å². The first-order valence-electron chi connectivity index (χ1n) is 8.65. The normalized spacial score (nSPS) is 18.3. The van der Waals surface area contributed by atoms with Gasteiger partial charge in [0.2, 0.25) is 0 Å². The van der Waals surface area contributed by atoms with Crippen molar-refractivity contribution < 1.29 is 0 Å². The van der Waals surface area contributed by atoms with E-state index < -0.39 is 0 Å². The minimum absolute atomic E-state index is 0.740. The number of aryl methyl sites for hydroxylation is 1. The number of unbranched alkanes of at least 4 members (excludes halogenated alkanes) is 1. The summed E-state index contributed by atoms with van der Waals surface area (Å²) in [5.74, 6) is 0. The van der Waals surface area contributed by atoms with Gasteiger partial charge in [-0.1, -0.05) is 26.3 Å². The Kier molecular flexibility index (Phi) is 4.64. The summed E-state index contributed by atoms with van der Waals surface area (Å²) in [4.78, 5) is 6.11. The van der Waals surface area contributed by atoms with Crippen molar-refractivity contribution >= 4 is 10.9 Å². The van der Waals surface area contributed by atoms with Crippen LogP contribution in [0, 0.1) is 0 Å². The number of aromatic nitrogens is 1. The van der Waals surface area contributed by atoms with Gasteiger partial charge in [0.05, 0.1) is 0 Å². The fraction of sp³-hybridized carbons (Fsp3) is 0.579. The van der Waals surface area contributed by atoms with Gasteiger partial charge in [0.1, 0.15) is 0 Å². The number of hydrogen-bond acceptors (Lipinski definition) is 1. The van der Waals surface area contributed by atoms with Gasteiger partial charge in [0.25, 0.3) is 0 Å². The van der Waals surface area contributed by atoms with E-state index >= 15 is 0 Å². The maximum atomic E-state index is 3.36. The second-order valence-electron chi connectivity index (χ2n) is 6.43. The van der Waals surface area contributed by atoms with Crippen molar-refractivity contribution in [2.75, 3.05) is 13.1 Å². The highest BCUT2D eigenvalue weighted by Gasteiger charge is 2.24. The Bertz CT molecular complexity index is 584. The Morgan fingerprint density at radius 2 is 2.05 bits per heavy atom. The number of fused-ring (bicyclic) bond motifs is 3. The topological polar surface area (TPSA) is 19.0 Å². The predicted molar refractivity (Wildman–Crippen MR) is 90.9 cm³/mol. The first kappa shape index (κ1) is 14.6. The van der Waals surface area contributed by atoms with Crippen molar-refractivity contribution in [3.05, 3.63) is 35.5 Å². The third kappa shape index (κ3) is 3.01. The number of hydrogen-bond donors (Lipinski definition) is 1. The van der Waals surface area contributed by atoms with Crippen molar-refractivity contribution in [3.63, 3.8) is 0 Å². The van der Waals surface area contributed by atoms with E-state index in [4.69, 9.17) is 0 Å². The molecule has 0 unspecified atom stereocenters. The molecule has 2 nitrogen and oxygen atoms in total. The lowest BCUT2D eigenvalue weighted by atomic mass is 9.85. The zero-order valence-electron chi connectivity index (χ0n) is 13.5. The second kappa shape index (κ2) is 6.65. The zero-order valence-corrected chi connectivity index (χ0v) is 13.5. The Morgan fingerprint density at radius 3 is 2.86 bits per heavy atom. The Labute approximate surface area is 128 Å². The minimum atomic E-state index is 0.740. The van der Waals surface area contributed by atoms with Crippen molar-refractivity contribution in [2.45, 2.75) is 58.4 Å². The van der Waals surface area contributed by atoms with Crippen LogP contribution in [0.1, 0.15) is 50.7 Å². The third-order valence-corrected chi connectivity index (χ3v) is 4.96. The van der Waals surface area contributed by atoms with Gasteiger partial charge >= 0.3 is 0 Å². The number of benzene rings is 1. The molecule has 2 heteroatoms. The molecule has 1 atom stereocenters. The van der Waals surface area contributed by atoms with Crippen molar-refractivity contribution in [1.29, 1.82) is 0 Å². The molecule has 3 rings (SSSR count). The first-order chi connectivity index (χ1) is 10.3. The molecule has 0 bridgehead atoms. The number of nitrogens with zero attached hydrogens (tertiary/aromatic N) is 1. The van der Waals surface area contributed by atoms with Crippen molar-refractivity contribution in [1.82, 2.24) is 9.88 Å². The average molecular weight is 284 g/mol. The van der Waals surface area contributed by atoms with Gasteiger partial charge in [0.15, 0.2) is 0 Å². The summed E-state index contributed by atoms with van der Waals surface area (Å²) in [5.41, 5.74) is 4.47. The number of rotatable bonds is 6. The zero-order chi connectivity index (χ0) is 14.7. The van der Waals surface area contributed by atoms with Gasteiger partial charge in [-0.15, -0.1) is 0 Å². The van der Waals surface area contributed by atoms with Gasteiger partial charge < -0.3 is 9.88 Å². The molecule has 1 N–H and O–H groups in total. The van der Waals surface area contributed by atoms with Crippen LogP contribution in [-0.2, 0) is 12.8 Å². The van der Waals surface area contributed by atoms with E-state index in [0.29, 0.717) is 0 Å². The predicted octanol–water partition coefficient (Wildman–Crippen LogP) is 4.54. The molecule has 0 saturated carbocycles. The molecule has 0 saturated heterocycles. The van der Waals surface area contributed by atoms with Crippen LogP contribution in [0.3, 0.4) is 0 Å². The van der Waals surface area contributed by atoms with E-state index in [9.17, 15) is 0 Å². The Hall–Kier alpha value is -1.28. The van der Waals surface area contributed by atoms with E-state index in [1.54, 1.807) is 11.1 Å². The summed E-state index contributed by atoms with van der Waals surface area (Å²) in [5, 5.41) is 1.45. The van der Waals surface area contributed by atoms with Crippen LogP contribution in [0.5, 0.6) is 0 Å². The van der Waals surface area contributed by atoms with Gasteiger partial charge in [-0.3, -0.25) is 0 Å². The van der Waals surface area contributed by atoms with Crippen LogP contribution >= 0.6 is 0 Å². The molecule has 1 heterocycles. The molecule has 114 valence electrons. The molecule has 1 aliphatic carbocycles. The van der Waals surface area contributed by atoms with Gasteiger partial charge in [-0.05, 0) is 68.5 Å². The van der Waals surface area contributed by atoms with Crippen LogP contribution in [-0.4, -0.2) is 29.0 Å². The van der Waals surface area contributed by atoms with Crippen LogP contribution in [0.2, 0.25) is 0 Å². The maximum absolute atomic E-state index is 3.36. The molecule has 2 aromatic rings. The lowest BCUT2D eigenvalue weighted by molar-refractivity contribution is 0.177. The largest absolute Gasteiger partial charge is 0.361 e. The second-order valence-corrected chi connectivity index (χ2v) is 6.43. The molecule has 21 heavy (non-hydrogen) atoms. The van der Waals surface area contributed by atoms with Gasteiger partial charge in [0, 0.05) is 23.1 Å². The standard InChI is InChI=1S/C19H28N2/c1-3-5-13-21(12-4-2)16-8-6-15-7-9-19-17(10-11-20-19)18(15)14-16/h7,9-11,16,20H,3-6,8,12-14H2,1-2H3/t16-/m0/s1. The molecule has 1 aromatic heterocycles. The summed E-state index contributed by atoms with van der Waals surface area (Å²) >= 11 is 0. The highest BCUT2D eigenvalue weighted by Crippen LogP contribution is 2.30. The van der Waals surface area contributed by atoms with Crippen molar-refractivity contribution in [2.24, 2.45) is 0 Å². The van der Waals surface area contributed by atoms with Crippen LogP contribution < -0.4 is 0 Å². The molecule has 0 spiro atoms. The summed E-state index contributed by atoms with van der Waals surface area (Å²) < 4.78 is 0. The minimum Gasteiger partial charge on any atom is -0.361 e. The van der Waals surface area contributed by atoms with E-state index in [0.717, 1.165) is 6.04 Å². The average Bonchev–Trinajstić information content (AvgIpc) is 3.00. The quantitative estimate of drug-likeness (QED) is 0.825. The summed E-state index contributed by atoms with van der Waals surface area (Å²) in [6.45, 7) is 7.13. The Balaban J connectivity index is 1.82.